The number of urea groups is 1. The molecule has 0 saturated carbocycles. The zero-order chi connectivity index (χ0) is 14.8. The lowest BCUT2D eigenvalue weighted by Crippen LogP contribution is -2.45. The van der Waals surface area contributed by atoms with Gasteiger partial charge in [0.15, 0.2) is 0 Å². The number of aliphatic carboxylic acids is 1. The number of carbonyl (C=O) groups is 2. The monoisotopic (exact) mass is 278 g/mol. The molecule has 0 aromatic carbocycles. The number of carboxylic acid groups (broad SMARTS) is 1. The first-order valence-electron chi connectivity index (χ1n) is 5.81. The van der Waals surface area contributed by atoms with Crippen LogP contribution in [0.4, 0.5) is 4.79 Å². The fourth-order valence-corrected chi connectivity index (χ4v) is 1.41. The van der Waals surface area contributed by atoms with Crippen LogP contribution in [0.2, 0.25) is 0 Å². The highest BCUT2D eigenvalue weighted by Crippen LogP contribution is 1.97. The van der Waals surface area contributed by atoms with E-state index in [-0.39, 0.29) is 26.1 Å². The van der Waals surface area contributed by atoms with Crippen LogP contribution >= 0.6 is 0 Å². The minimum Gasteiger partial charge on any atom is -0.481 e. The van der Waals surface area contributed by atoms with Gasteiger partial charge in [0.2, 0.25) is 0 Å². The molecule has 0 aliphatic carbocycles. The number of nitrogens with one attached hydrogen (secondary N) is 1. The zero-order valence-corrected chi connectivity index (χ0v) is 11.5. The summed E-state index contributed by atoms with van der Waals surface area (Å²) >= 11 is 0. The SMILES string of the molecule is COCC(O)CN(C)C(=O)NCC(CC(=O)O)OC. The molecule has 0 aliphatic rings. The average Bonchev–Trinajstić information content (AvgIpc) is 2.33. The summed E-state index contributed by atoms with van der Waals surface area (Å²) in [4.78, 5) is 23.5. The lowest BCUT2D eigenvalue weighted by Gasteiger charge is -2.22. The van der Waals surface area contributed by atoms with Crippen molar-refractivity contribution in [1.82, 2.24) is 10.2 Å². The smallest absolute Gasteiger partial charge is 0.317 e. The third-order valence-corrected chi connectivity index (χ3v) is 2.41. The molecule has 112 valence electrons. The van der Waals surface area contributed by atoms with Crippen LogP contribution in [0, 0.1) is 0 Å². The molecular weight excluding hydrogens is 256 g/mol. The fourth-order valence-electron chi connectivity index (χ4n) is 1.41. The van der Waals surface area contributed by atoms with Crippen molar-refractivity contribution in [3.05, 3.63) is 0 Å². The van der Waals surface area contributed by atoms with Gasteiger partial charge in [0, 0.05) is 27.8 Å². The van der Waals surface area contributed by atoms with Crippen molar-refractivity contribution in [2.24, 2.45) is 0 Å². The predicted molar refractivity (Wildman–Crippen MR) is 67.0 cm³/mol. The van der Waals surface area contributed by atoms with Gasteiger partial charge in [-0.25, -0.2) is 4.79 Å². The molecule has 2 atom stereocenters. The highest BCUT2D eigenvalue weighted by Gasteiger charge is 2.17. The molecule has 0 aromatic rings. The number of hydrogen-bond donors (Lipinski definition) is 3. The van der Waals surface area contributed by atoms with Crippen LogP contribution in [0.5, 0.6) is 0 Å². The summed E-state index contributed by atoms with van der Waals surface area (Å²) in [5.41, 5.74) is 0. The number of nitrogens with zero attached hydrogens (tertiary/aromatic N) is 1. The van der Waals surface area contributed by atoms with Crippen molar-refractivity contribution >= 4 is 12.0 Å². The molecule has 0 rings (SSSR count). The molecule has 8 nitrogen and oxygen atoms in total. The summed E-state index contributed by atoms with van der Waals surface area (Å²) in [5, 5.41) is 20.6. The van der Waals surface area contributed by atoms with Crippen molar-refractivity contribution in [2.45, 2.75) is 18.6 Å². The van der Waals surface area contributed by atoms with Gasteiger partial charge in [-0.15, -0.1) is 0 Å². The van der Waals surface area contributed by atoms with E-state index >= 15 is 0 Å². The van der Waals surface area contributed by atoms with Crippen LogP contribution in [0.1, 0.15) is 6.42 Å². The number of carboxylic acids is 1. The molecule has 0 spiro atoms. The standard InChI is InChI=1S/C11H22N2O6/c1-13(6-8(14)7-18-2)11(17)12-5-9(19-3)4-10(15)16/h8-9,14H,4-7H2,1-3H3,(H,12,17)(H,15,16). The second-order valence-corrected chi connectivity index (χ2v) is 4.13. The Morgan fingerprint density at radius 2 is 2.00 bits per heavy atom. The Labute approximate surface area is 112 Å². The Bertz CT molecular complexity index is 286. The number of ether oxygens (including phenoxy) is 2. The van der Waals surface area contributed by atoms with E-state index in [9.17, 15) is 14.7 Å². The Hall–Kier alpha value is -1.38. The summed E-state index contributed by atoms with van der Waals surface area (Å²) < 4.78 is 9.68. The minimum absolute atomic E-state index is 0.0896. The molecule has 8 heteroatoms. The molecule has 0 radical (unpaired) electrons. The van der Waals surface area contributed by atoms with E-state index in [1.54, 1.807) is 0 Å². The van der Waals surface area contributed by atoms with Crippen LogP contribution in [0.25, 0.3) is 0 Å². The van der Waals surface area contributed by atoms with Gasteiger partial charge in [-0.1, -0.05) is 0 Å². The van der Waals surface area contributed by atoms with E-state index < -0.39 is 24.2 Å². The molecule has 0 saturated heterocycles. The number of rotatable bonds is 9. The molecule has 3 N–H and O–H groups in total. The maximum absolute atomic E-state index is 11.6. The quantitative estimate of drug-likeness (QED) is 0.505. The van der Waals surface area contributed by atoms with E-state index in [0.29, 0.717) is 0 Å². The van der Waals surface area contributed by atoms with Gasteiger partial charge in [0.1, 0.15) is 0 Å². The van der Waals surface area contributed by atoms with Gasteiger partial charge in [-0.05, 0) is 0 Å². The number of likely N-dealkylation sites (N-methyl/N-ethyl adjacent to an activating group) is 1. The van der Waals surface area contributed by atoms with Crippen molar-refractivity contribution in [2.75, 3.05) is 41.0 Å². The highest BCUT2D eigenvalue weighted by atomic mass is 16.5. The number of amides is 2. The maximum Gasteiger partial charge on any atom is 0.317 e. The summed E-state index contributed by atoms with van der Waals surface area (Å²) in [6, 6.07) is -0.414. The largest absolute Gasteiger partial charge is 0.481 e. The van der Waals surface area contributed by atoms with Gasteiger partial charge >= 0.3 is 12.0 Å². The number of hydrogen-bond acceptors (Lipinski definition) is 5. The molecule has 0 fully saturated rings. The lowest BCUT2D eigenvalue weighted by molar-refractivity contribution is -0.139. The molecular formula is C11H22N2O6. The van der Waals surface area contributed by atoms with Crippen LogP contribution < -0.4 is 5.32 Å². The maximum atomic E-state index is 11.6. The number of aliphatic hydroxyl groups is 1. The first-order valence-corrected chi connectivity index (χ1v) is 5.81. The number of carbonyl (C=O) groups excluding carboxylic acids is 1. The normalized spacial score (nSPS) is 13.7. The highest BCUT2D eigenvalue weighted by molar-refractivity contribution is 5.74. The topological polar surface area (TPSA) is 108 Å². The van der Waals surface area contributed by atoms with Gasteiger partial charge in [-0.2, -0.15) is 0 Å². The number of aliphatic hydroxyl groups excluding tert-OH is 1. The summed E-state index contributed by atoms with van der Waals surface area (Å²) in [7, 11) is 4.36. The number of methoxy groups -OCH3 is 2. The van der Waals surface area contributed by atoms with Gasteiger partial charge in [0.25, 0.3) is 0 Å². The average molecular weight is 278 g/mol. The second kappa shape index (κ2) is 9.54. The summed E-state index contributed by atoms with van der Waals surface area (Å²) in [6.07, 6.45) is -1.54. The van der Waals surface area contributed by atoms with Crippen molar-refractivity contribution < 1.29 is 29.3 Å². The first kappa shape index (κ1) is 17.6. The zero-order valence-electron chi connectivity index (χ0n) is 11.5. The minimum atomic E-state index is -0.995. The van der Waals surface area contributed by atoms with Crippen LogP contribution in [0.15, 0.2) is 0 Å². The van der Waals surface area contributed by atoms with E-state index in [0.717, 1.165) is 0 Å². The lowest BCUT2D eigenvalue weighted by atomic mass is 10.2. The van der Waals surface area contributed by atoms with Crippen LogP contribution in [-0.2, 0) is 14.3 Å². The Morgan fingerprint density at radius 1 is 1.37 bits per heavy atom. The summed E-state index contributed by atoms with van der Waals surface area (Å²) in [5.74, 6) is -0.995. The van der Waals surface area contributed by atoms with Crippen molar-refractivity contribution in [1.29, 1.82) is 0 Å². The Morgan fingerprint density at radius 3 is 2.47 bits per heavy atom. The predicted octanol–water partition coefficient (Wildman–Crippen LogP) is -0.875. The van der Waals surface area contributed by atoms with Crippen LogP contribution in [-0.4, -0.2) is 80.3 Å². The van der Waals surface area contributed by atoms with E-state index in [2.05, 4.69) is 5.32 Å². The summed E-state index contributed by atoms with van der Waals surface area (Å²) in [6.45, 7) is 0.347. The van der Waals surface area contributed by atoms with Crippen molar-refractivity contribution in [3.8, 4) is 0 Å². The Kier molecular flexibility index (Phi) is 8.84. The molecule has 2 amide bonds. The van der Waals surface area contributed by atoms with Crippen LogP contribution in [0.3, 0.4) is 0 Å². The third-order valence-electron chi connectivity index (χ3n) is 2.41. The molecule has 0 bridgehead atoms. The van der Waals surface area contributed by atoms with Gasteiger partial charge < -0.3 is 29.9 Å². The van der Waals surface area contributed by atoms with Gasteiger partial charge in [0.05, 0.1) is 31.8 Å². The van der Waals surface area contributed by atoms with E-state index in [1.165, 1.54) is 26.2 Å². The molecule has 2 unspecified atom stereocenters. The molecule has 0 aromatic heterocycles. The Balaban J connectivity index is 4.04. The van der Waals surface area contributed by atoms with Gasteiger partial charge in [-0.3, -0.25) is 4.79 Å². The van der Waals surface area contributed by atoms with E-state index in [4.69, 9.17) is 14.6 Å². The van der Waals surface area contributed by atoms with E-state index in [1.807, 2.05) is 0 Å². The third kappa shape index (κ3) is 8.36. The first-order chi connectivity index (χ1) is 8.90. The molecule has 0 aliphatic heterocycles. The second-order valence-electron chi connectivity index (χ2n) is 4.13. The molecule has 0 heterocycles. The molecule has 19 heavy (non-hydrogen) atoms. The fraction of sp³-hybridized carbons (Fsp3) is 0.818. The van der Waals surface area contributed by atoms with Crippen molar-refractivity contribution in [3.63, 3.8) is 0 Å².